The van der Waals surface area contributed by atoms with Crippen LogP contribution in [-0.2, 0) is 0 Å². The molecule has 110 valence electrons. The summed E-state index contributed by atoms with van der Waals surface area (Å²) in [6, 6.07) is 27.1. The number of anilines is 1. The monoisotopic (exact) mass is 295 g/mol. The molecule has 0 aliphatic carbocycles. The average Bonchev–Trinajstić information content (AvgIpc) is 2.61. The minimum Gasteiger partial charge on any atom is -0.398 e. The van der Waals surface area contributed by atoms with Crippen LogP contribution in [0.4, 0.5) is 5.69 Å². The van der Waals surface area contributed by atoms with E-state index >= 15 is 0 Å². The molecule has 1 heteroatoms. The van der Waals surface area contributed by atoms with Crippen molar-refractivity contribution >= 4 is 32.8 Å². The van der Waals surface area contributed by atoms with E-state index in [1.807, 2.05) is 18.2 Å². The van der Waals surface area contributed by atoms with Crippen molar-refractivity contribution in [2.24, 2.45) is 0 Å². The van der Waals surface area contributed by atoms with E-state index < -0.39 is 0 Å². The van der Waals surface area contributed by atoms with Crippen LogP contribution in [0, 0.1) is 0 Å². The van der Waals surface area contributed by atoms with Crippen molar-refractivity contribution in [1.29, 1.82) is 0 Å². The Labute approximate surface area is 135 Å². The molecule has 1 nitrogen and oxygen atoms in total. The van der Waals surface area contributed by atoms with Crippen LogP contribution >= 0.6 is 0 Å². The lowest BCUT2D eigenvalue weighted by atomic mass is 9.94. The van der Waals surface area contributed by atoms with Crippen molar-refractivity contribution in [1.82, 2.24) is 0 Å². The van der Waals surface area contributed by atoms with Gasteiger partial charge in [-0.2, -0.15) is 0 Å². The van der Waals surface area contributed by atoms with Gasteiger partial charge in [-0.1, -0.05) is 73.3 Å². The number of nitrogen functional groups attached to an aromatic ring is 1. The van der Waals surface area contributed by atoms with Crippen molar-refractivity contribution < 1.29 is 0 Å². The van der Waals surface area contributed by atoms with Crippen LogP contribution in [0.25, 0.3) is 27.1 Å². The highest BCUT2D eigenvalue weighted by molar-refractivity contribution is 6.06. The molecular weight excluding hydrogens is 278 g/mol. The highest BCUT2D eigenvalue weighted by atomic mass is 14.6. The summed E-state index contributed by atoms with van der Waals surface area (Å²) in [5, 5.41) is 4.67. The minimum atomic E-state index is 0.794. The van der Waals surface area contributed by atoms with Gasteiger partial charge in [-0.15, -0.1) is 0 Å². The van der Waals surface area contributed by atoms with Crippen molar-refractivity contribution in [2.45, 2.75) is 0 Å². The van der Waals surface area contributed by atoms with E-state index in [4.69, 9.17) is 5.73 Å². The summed E-state index contributed by atoms with van der Waals surface area (Å²) in [5.74, 6) is 0. The van der Waals surface area contributed by atoms with E-state index in [1.165, 1.54) is 10.8 Å². The largest absolute Gasteiger partial charge is 0.398 e. The standard InChI is InChI=1S/C22H17N/c1-15(16-7-3-2-4-8-16)20-12-11-19-13-17-9-5-6-10-18(17)14-21(19)22(20)23/h2-14H,1,23H2. The molecule has 0 fully saturated rings. The SMILES string of the molecule is C=C(c1ccccc1)c1ccc2cc3ccccc3cc2c1N. The van der Waals surface area contributed by atoms with Gasteiger partial charge in [0.25, 0.3) is 0 Å². The third-order valence-corrected chi connectivity index (χ3v) is 4.38. The van der Waals surface area contributed by atoms with Gasteiger partial charge in [0.15, 0.2) is 0 Å². The van der Waals surface area contributed by atoms with Crippen molar-refractivity contribution in [2.75, 3.05) is 5.73 Å². The Hall–Kier alpha value is -3.06. The molecule has 0 unspecified atom stereocenters. The summed E-state index contributed by atoms with van der Waals surface area (Å²) in [4.78, 5) is 0. The highest BCUT2D eigenvalue weighted by Gasteiger charge is 2.10. The molecule has 0 saturated heterocycles. The van der Waals surface area contributed by atoms with Gasteiger partial charge in [0.2, 0.25) is 0 Å². The van der Waals surface area contributed by atoms with Crippen LogP contribution in [0.15, 0.2) is 85.4 Å². The highest BCUT2D eigenvalue weighted by Crippen LogP contribution is 2.34. The first kappa shape index (κ1) is 13.6. The van der Waals surface area contributed by atoms with E-state index in [0.29, 0.717) is 0 Å². The lowest BCUT2D eigenvalue weighted by Gasteiger charge is -2.13. The molecule has 0 amide bonds. The maximum absolute atomic E-state index is 6.49. The van der Waals surface area contributed by atoms with Gasteiger partial charge in [-0.3, -0.25) is 0 Å². The number of hydrogen-bond acceptors (Lipinski definition) is 1. The fraction of sp³-hybridized carbons (Fsp3) is 0. The number of fused-ring (bicyclic) bond motifs is 2. The maximum Gasteiger partial charge on any atom is 0.0473 e. The molecule has 0 radical (unpaired) electrons. The van der Waals surface area contributed by atoms with Crippen molar-refractivity contribution in [3.05, 3.63) is 96.6 Å². The topological polar surface area (TPSA) is 26.0 Å². The second-order valence-corrected chi connectivity index (χ2v) is 5.79. The smallest absolute Gasteiger partial charge is 0.0473 e. The Morgan fingerprint density at radius 1 is 0.696 bits per heavy atom. The molecule has 0 aromatic heterocycles. The second kappa shape index (κ2) is 5.29. The molecule has 23 heavy (non-hydrogen) atoms. The van der Waals surface area contributed by atoms with Crippen LogP contribution in [0.5, 0.6) is 0 Å². The quantitative estimate of drug-likeness (QED) is 0.376. The second-order valence-electron chi connectivity index (χ2n) is 5.79. The molecule has 0 aliphatic rings. The zero-order valence-corrected chi connectivity index (χ0v) is 12.8. The maximum atomic E-state index is 6.49. The van der Waals surface area contributed by atoms with E-state index in [-0.39, 0.29) is 0 Å². The van der Waals surface area contributed by atoms with Gasteiger partial charge in [0.05, 0.1) is 0 Å². The van der Waals surface area contributed by atoms with Crippen LogP contribution < -0.4 is 5.73 Å². The number of nitrogens with two attached hydrogens (primary N) is 1. The Bertz CT molecular complexity index is 1030. The molecule has 0 spiro atoms. The van der Waals surface area contributed by atoms with Gasteiger partial charge >= 0.3 is 0 Å². The molecular formula is C22H17N. The van der Waals surface area contributed by atoms with Crippen LogP contribution in [0.1, 0.15) is 11.1 Å². The zero-order valence-electron chi connectivity index (χ0n) is 12.8. The Morgan fingerprint density at radius 3 is 2.09 bits per heavy atom. The fourth-order valence-corrected chi connectivity index (χ4v) is 3.10. The Morgan fingerprint density at radius 2 is 1.35 bits per heavy atom. The predicted molar refractivity (Wildman–Crippen MR) is 100 cm³/mol. The van der Waals surface area contributed by atoms with Crippen LogP contribution in [0.3, 0.4) is 0 Å². The molecule has 0 heterocycles. The van der Waals surface area contributed by atoms with Crippen molar-refractivity contribution in [3.63, 3.8) is 0 Å². The van der Waals surface area contributed by atoms with Gasteiger partial charge in [0, 0.05) is 16.6 Å². The third-order valence-electron chi connectivity index (χ3n) is 4.38. The molecule has 2 N–H and O–H groups in total. The summed E-state index contributed by atoms with van der Waals surface area (Å²) >= 11 is 0. The zero-order chi connectivity index (χ0) is 15.8. The molecule has 0 saturated carbocycles. The molecule has 4 aromatic rings. The van der Waals surface area contributed by atoms with Crippen molar-refractivity contribution in [3.8, 4) is 0 Å². The first-order valence-electron chi connectivity index (χ1n) is 7.70. The van der Waals surface area contributed by atoms with Gasteiger partial charge in [-0.25, -0.2) is 0 Å². The van der Waals surface area contributed by atoms with Gasteiger partial charge in [-0.05, 0) is 39.4 Å². The van der Waals surface area contributed by atoms with Crippen LogP contribution in [-0.4, -0.2) is 0 Å². The molecule has 0 bridgehead atoms. The number of hydrogen-bond donors (Lipinski definition) is 1. The average molecular weight is 295 g/mol. The van der Waals surface area contributed by atoms with E-state index in [2.05, 4.69) is 67.2 Å². The molecule has 0 aliphatic heterocycles. The van der Waals surface area contributed by atoms with Gasteiger partial charge in [0.1, 0.15) is 0 Å². The van der Waals surface area contributed by atoms with Crippen LogP contribution in [0.2, 0.25) is 0 Å². The summed E-state index contributed by atoms with van der Waals surface area (Å²) in [6.07, 6.45) is 0. The normalized spacial score (nSPS) is 11.0. The van der Waals surface area contributed by atoms with E-state index in [1.54, 1.807) is 0 Å². The number of benzene rings is 4. The first-order chi connectivity index (χ1) is 11.2. The lowest BCUT2D eigenvalue weighted by Crippen LogP contribution is -1.96. The summed E-state index contributed by atoms with van der Waals surface area (Å²) in [5.41, 5.74) is 10.3. The summed E-state index contributed by atoms with van der Waals surface area (Å²) in [6.45, 7) is 4.25. The summed E-state index contributed by atoms with van der Waals surface area (Å²) < 4.78 is 0. The fourth-order valence-electron chi connectivity index (χ4n) is 3.10. The minimum absolute atomic E-state index is 0.794. The predicted octanol–water partition coefficient (Wildman–Crippen LogP) is 5.64. The first-order valence-corrected chi connectivity index (χ1v) is 7.70. The molecule has 4 aromatic carbocycles. The van der Waals surface area contributed by atoms with E-state index in [9.17, 15) is 0 Å². The van der Waals surface area contributed by atoms with E-state index in [0.717, 1.165) is 33.2 Å². The summed E-state index contributed by atoms with van der Waals surface area (Å²) in [7, 11) is 0. The Kier molecular flexibility index (Phi) is 3.13. The van der Waals surface area contributed by atoms with Gasteiger partial charge < -0.3 is 5.73 Å². The third kappa shape index (κ3) is 2.27. The molecule has 0 atom stereocenters. The number of rotatable bonds is 2. The molecule has 4 rings (SSSR count). The lowest BCUT2D eigenvalue weighted by molar-refractivity contribution is 1.57. The Balaban J connectivity index is 1.94.